The van der Waals surface area contributed by atoms with Crippen LogP contribution in [0.3, 0.4) is 0 Å². The van der Waals surface area contributed by atoms with E-state index in [1.54, 1.807) is 0 Å². The molecule has 1 aromatic heterocycles. The van der Waals surface area contributed by atoms with Crippen molar-refractivity contribution in [2.75, 3.05) is 7.05 Å². The fourth-order valence-electron chi connectivity index (χ4n) is 1.62. The van der Waals surface area contributed by atoms with Crippen LogP contribution in [0.25, 0.3) is 0 Å². The van der Waals surface area contributed by atoms with Crippen LogP contribution in [0.5, 0.6) is 0 Å². The maximum absolute atomic E-state index is 13.8. The second kappa shape index (κ2) is 6.23. The standard InChI is InChI=1S/C12H10Br2FNO2S2/c1-16(6-8-4-12(14)19-7-8)20(17,18)11-3-2-9(13)5-10(11)15/h2-5,7H,6H2,1H3. The van der Waals surface area contributed by atoms with Crippen LogP contribution < -0.4 is 0 Å². The minimum Gasteiger partial charge on any atom is -0.207 e. The molecule has 0 amide bonds. The molecular weight excluding hydrogens is 433 g/mol. The van der Waals surface area contributed by atoms with E-state index in [1.165, 1.54) is 30.5 Å². The molecule has 0 saturated heterocycles. The van der Waals surface area contributed by atoms with Crippen molar-refractivity contribution >= 4 is 53.2 Å². The summed E-state index contributed by atoms with van der Waals surface area (Å²) in [5.74, 6) is -0.766. The van der Waals surface area contributed by atoms with Gasteiger partial charge in [-0.05, 0) is 51.1 Å². The van der Waals surface area contributed by atoms with Crippen molar-refractivity contribution in [1.82, 2.24) is 4.31 Å². The van der Waals surface area contributed by atoms with Gasteiger partial charge in [0.15, 0.2) is 0 Å². The second-order valence-electron chi connectivity index (χ2n) is 4.09. The topological polar surface area (TPSA) is 37.4 Å². The van der Waals surface area contributed by atoms with Crippen LogP contribution >= 0.6 is 43.2 Å². The molecule has 8 heteroatoms. The van der Waals surface area contributed by atoms with Crippen LogP contribution in [-0.2, 0) is 16.6 Å². The third-order valence-electron chi connectivity index (χ3n) is 2.61. The largest absolute Gasteiger partial charge is 0.246 e. The zero-order valence-electron chi connectivity index (χ0n) is 10.3. The predicted molar refractivity (Wildman–Crippen MR) is 84.8 cm³/mol. The second-order valence-corrected chi connectivity index (χ2v) is 9.31. The predicted octanol–water partition coefficient (Wildman–Crippen LogP) is 4.23. The molecule has 0 bridgehead atoms. The SMILES string of the molecule is CN(Cc1csc(Br)c1)S(=O)(=O)c1ccc(Br)cc1F. The lowest BCUT2D eigenvalue weighted by Crippen LogP contribution is -2.27. The van der Waals surface area contributed by atoms with Gasteiger partial charge >= 0.3 is 0 Å². The Morgan fingerprint density at radius 1 is 1.30 bits per heavy atom. The summed E-state index contributed by atoms with van der Waals surface area (Å²) in [6.45, 7) is 0.194. The summed E-state index contributed by atoms with van der Waals surface area (Å²) in [4.78, 5) is -0.322. The fraction of sp³-hybridized carbons (Fsp3) is 0.167. The van der Waals surface area contributed by atoms with Crippen molar-refractivity contribution in [2.45, 2.75) is 11.4 Å². The summed E-state index contributed by atoms with van der Waals surface area (Å²) < 4.78 is 41.0. The van der Waals surface area contributed by atoms with Crippen molar-refractivity contribution in [3.05, 3.63) is 49.3 Å². The molecular formula is C12H10Br2FNO2S2. The number of benzene rings is 1. The Hall–Kier alpha value is -0.280. The molecule has 0 radical (unpaired) electrons. The molecule has 0 spiro atoms. The van der Waals surface area contributed by atoms with Gasteiger partial charge < -0.3 is 0 Å². The highest BCUT2D eigenvalue weighted by Crippen LogP contribution is 2.25. The molecule has 0 atom stereocenters. The van der Waals surface area contributed by atoms with E-state index in [9.17, 15) is 12.8 Å². The van der Waals surface area contributed by atoms with Gasteiger partial charge in [-0.15, -0.1) is 11.3 Å². The molecule has 108 valence electrons. The Morgan fingerprint density at radius 2 is 2.00 bits per heavy atom. The molecule has 0 aliphatic carbocycles. The monoisotopic (exact) mass is 441 g/mol. The average Bonchev–Trinajstić information content (AvgIpc) is 2.74. The third-order valence-corrected chi connectivity index (χ3v) is 6.49. The fourth-order valence-corrected chi connectivity index (χ4v) is 4.36. The number of rotatable bonds is 4. The minimum atomic E-state index is -3.85. The van der Waals surface area contributed by atoms with E-state index in [4.69, 9.17) is 0 Å². The first-order valence-electron chi connectivity index (χ1n) is 5.45. The molecule has 0 aliphatic heterocycles. The van der Waals surface area contributed by atoms with Gasteiger partial charge in [0.05, 0.1) is 3.79 Å². The van der Waals surface area contributed by atoms with Gasteiger partial charge in [0, 0.05) is 18.1 Å². The summed E-state index contributed by atoms with van der Waals surface area (Å²) in [6, 6.07) is 5.75. The van der Waals surface area contributed by atoms with E-state index in [1.807, 2.05) is 11.4 Å². The normalized spacial score (nSPS) is 12.1. The Balaban J connectivity index is 2.29. The zero-order valence-corrected chi connectivity index (χ0v) is 15.1. The van der Waals surface area contributed by atoms with Crippen LogP contribution in [0.15, 0.2) is 42.8 Å². The minimum absolute atomic E-state index is 0.194. The Kier molecular flexibility index (Phi) is 5.01. The highest BCUT2D eigenvalue weighted by molar-refractivity contribution is 9.11. The molecule has 1 heterocycles. The number of sulfonamides is 1. The smallest absolute Gasteiger partial charge is 0.207 e. The number of thiophene rings is 1. The van der Waals surface area contributed by atoms with Crippen LogP contribution in [0.2, 0.25) is 0 Å². The molecule has 2 rings (SSSR count). The van der Waals surface area contributed by atoms with Crippen molar-refractivity contribution < 1.29 is 12.8 Å². The summed E-state index contributed by atoms with van der Waals surface area (Å²) in [5.41, 5.74) is 0.852. The summed E-state index contributed by atoms with van der Waals surface area (Å²) in [7, 11) is -2.42. The molecule has 1 aromatic carbocycles. The number of hydrogen-bond acceptors (Lipinski definition) is 3. The van der Waals surface area contributed by atoms with Crippen LogP contribution in [-0.4, -0.2) is 19.8 Å². The van der Waals surface area contributed by atoms with E-state index in [2.05, 4.69) is 31.9 Å². The molecule has 20 heavy (non-hydrogen) atoms. The van der Waals surface area contributed by atoms with Gasteiger partial charge in [-0.25, -0.2) is 12.8 Å². The summed E-state index contributed by atoms with van der Waals surface area (Å²) in [6.07, 6.45) is 0. The Bertz CT molecular complexity index is 731. The molecule has 2 aromatic rings. The van der Waals surface area contributed by atoms with Crippen molar-refractivity contribution in [3.63, 3.8) is 0 Å². The molecule has 0 aliphatic rings. The first-order valence-corrected chi connectivity index (χ1v) is 9.35. The molecule has 0 fully saturated rings. The van der Waals surface area contributed by atoms with E-state index in [-0.39, 0.29) is 11.4 Å². The first kappa shape index (κ1) is 16.1. The van der Waals surface area contributed by atoms with Gasteiger partial charge in [-0.2, -0.15) is 4.31 Å². The van der Waals surface area contributed by atoms with E-state index in [0.29, 0.717) is 4.47 Å². The van der Waals surface area contributed by atoms with Crippen molar-refractivity contribution in [2.24, 2.45) is 0 Å². The van der Waals surface area contributed by atoms with Gasteiger partial charge in [-0.3, -0.25) is 0 Å². The van der Waals surface area contributed by atoms with Crippen LogP contribution in [0, 0.1) is 5.82 Å². The maximum atomic E-state index is 13.8. The number of hydrogen-bond donors (Lipinski definition) is 0. The summed E-state index contributed by atoms with van der Waals surface area (Å²) in [5, 5.41) is 1.86. The number of halogens is 3. The lowest BCUT2D eigenvalue weighted by Gasteiger charge is -2.17. The highest BCUT2D eigenvalue weighted by atomic mass is 79.9. The molecule has 3 nitrogen and oxygen atoms in total. The third kappa shape index (κ3) is 3.48. The Labute approximate surface area is 137 Å². The van der Waals surface area contributed by atoms with Crippen molar-refractivity contribution in [3.8, 4) is 0 Å². The van der Waals surface area contributed by atoms with E-state index in [0.717, 1.165) is 19.7 Å². The average molecular weight is 443 g/mol. The lowest BCUT2D eigenvalue weighted by atomic mass is 10.3. The van der Waals surface area contributed by atoms with Gasteiger partial charge in [0.2, 0.25) is 10.0 Å². The van der Waals surface area contributed by atoms with Crippen molar-refractivity contribution in [1.29, 1.82) is 0 Å². The van der Waals surface area contributed by atoms with Gasteiger partial charge in [0.1, 0.15) is 10.7 Å². The van der Waals surface area contributed by atoms with Crippen LogP contribution in [0.1, 0.15) is 5.56 Å². The van der Waals surface area contributed by atoms with Gasteiger partial charge in [0.25, 0.3) is 0 Å². The van der Waals surface area contributed by atoms with Gasteiger partial charge in [-0.1, -0.05) is 15.9 Å². The maximum Gasteiger partial charge on any atom is 0.246 e. The molecule has 0 saturated carbocycles. The Morgan fingerprint density at radius 3 is 2.55 bits per heavy atom. The zero-order chi connectivity index (χ0) is 14.9. The lowest BCUT2D eigenvalue weighted by molar-refractivity contribution is 0.460. The first-order chi connectivity index (χ1) is 9.30. The highest BCUT2D eigenvalue weighted by Gasteiger charge is 2.24. The van der Waals surface area contributed by atoms with Crippen LogP contribution in [0.4, 0.5) is 4.39 Å². The summed E-state index contributed by atoms with van der Waals surface area (Å²) >= 11 is 7.90. The molecule has 0 unspecified atom stereocenters. The quantitative estimate of drug-likeness (QED) is 0.710. The van der Waals surface area contributed by atoms with E-state index >= 15 is 0 Å². The van der Waals surface area contributed by atoms with E-state index < -0.39 is 15.8 Å². The molecule has 0 N–H and O–H groups in total. The number of nitrogens with zero attached hydrogens (tertiary/aromatic N) is 1.